The third-order valence-electron chi connectivity index (χ3n) is 5.38. The first-order chi connectivity index (χ1) is 14.1. The van der Waals surface area contributed by atoms with Crippen LogP contribution in [0.2, 0.25) is 0 Å². The van der Waals surface area contributed by atoms with Crippen molar-refractivity contribution < 1.29 is 14.9 Å². The minimum atomic E-state index is -0.535. The van der Waals surface area contributed by atoms with E-state index in [2.05, 4.69) is 33.8 Å². The zero-order valence-corrected chi connectivity index (χ0v) is 17.3. The summed E-state index contributed by atoms with van der Waals surface area (Å²) in [5.41, 5.74) is 2.44. The average molecular weight is 400 g/mol. The fraction of sp³-hybridized carbons (Fsp3) is 0.522. The first-order valence-corrected chi connectivity index (χ1v) is 10.5. The molecule has 1 unspecified atom stereocenters. The predicted molar refractivity (Wildman–Crippen MR) is 114 cm³/mol. The van der Waals surface area contributed by atoms with E-state index in [0.29, 0.717) is 6.54 Å². The van der Waals surface area contributed by atoms with Crippen LogP contribution in [0, 0.1) is 0 Å². The van der Waals surface area contributed by atoms with E-state index in [9.17, 15) is 10.2 Å². The highest BCUT2D eigenvalue weighted by Gasteiger charge is 2.19. The van der Waals surface area contributed by atoms with Crippen LogP contribution in [0.4, 0.5) is 0 Å². The van der Waals surface area contributed by atoms with E-state index in [1.807, 2.05) is 36.7 Å². The number of aromatic nitrogens is 1. The van der Waals surface area contributed by atoms with Gasteiger partial charge in [0.25, 0.3) is 0 Å². The van der Waals surface area contributed by atoms with Gasteiger partial charge in [0.15, 0.2) is 0 Å². The standard InChI is InChI=1S/C23H33N3O3/c1-2-25(15-19-6-10-24-11-7-19)16-20-4-3-5-23(14-20)29-18-22(28)17-26-12-8-21(27)9-13-26/h3-7,10-11,14,21-22,27-28H,2,8-9,12-13,15-18H2,1H3. The highest BCUT2D eigenvalue weighted by Crippen LogP contribution is 2.17. The summed E-state index contributed by atoms with van der Waals surface area (Å²) in [7, 11) is 0. The Morgan fingerprint density at radius 3 is 2.59 bits per heavy atom. The highest BCUT2D eigenvalue weighted by molar-refractivity contribution is 5.28. The van der Waals surface area contributed by atoms with Gasteiger partial charge in [0.2, 0.25) is 0 Å². The topological polar surface area (TPSA) is 69.1 Å². The molecule has 2 N–H and O–H groups in total. The van der Waals surface area contributed by atoms with Crippen LogP contribution in [0.15, 0.2) is 48.8 Å². The van der Waals surface area contributed by atoms with Gasteiger partial charge in [-0.25, -0.2) is 0 Å². The molecule has 0 spiro atoms. The van der Waals surface area contributed by atoms with Crippen molar-refractivity contribution in [3.05, 3.63) is 59.9 Å². The summed E-state index contributed by atoms with van der Waals surface area (Å²) in [5, 5.41) is 19.9. The fourth-order valence-electron chi connectivity index (χ4n) is 3.66. The summed E-state index contributed by atoms with van der Waals surface area (Å²) in [4.78, 5) is 8.64. The van der Waals surface area contributed by atoms with Gasteiger partial charge in [-0.15, -0.1) is 0 Å². The lowest BCUT2D eigenvalue weighted by atomic mass is 10.1. The molecule has 1 atom stereocenters. The molecule has 6 heteroatoms. The van der Waals surface area contributed by atoms with Crippen LogP contribution in [0.25, 0.3) is 0 Å². The Kier molecular flexibility index (Phi) is 8.43. The number of pyridine rings is 1. The van der Waals surface area contributed by atoms with Gasteiger partial charge >= 0.3 is 0 Å². The molecule has 0 amide bonds. The number of rotatable bonds is 10. The van der Waals surface area contributed by atoms with Crippen LogP contribution >= 0.6 is 0 Å². The Bertz CT molecular complexity index is 720. The quantitative estimate of drug-likeness (QED) is 0.639. The van der Waals surface area contributed by atoms with Crippen molar-refractivity contribution in [1.29, 1.82) is 0 Å². The van der Waals surface area contributed by atoms with Crippen molar-refractivity contribution >= 4 is 0 Å². The number of aliphatic hydroxyl groups excluding tert-OH is 2. The van der Waals surface area contributed by atoms with Gasteiger partial charge in [-0.3, -0.25) is 9.88 Å². The number of ether oxygens (including phenoxy) is 1. The molecule has 6 nitrogen and oxygen atoms in total. The molecule has 3 rings (SSSR count). The SMILES string of the molecule is CCN(Cc1ccncc1)Cc1cccc(OCC(O)CN2CCC(O)CC2)c1. The second-order valence-corrected chi connectivity index (χ2v) is 7.80. The van der Waals surface area contributed by atoms with Crippen molar-refractivity contribution in [2.45, 2.75) is 45.1 Å². The number of β-amino-alcohol motifs (C(OH)–C–C–N with tert-alkyl or cyclic N) is 1. The maximum atomic E-state index is 10.3. The lowest BCUT2D eigenvalue weighted by molar-refractivity contribution is 0.0337. The summed E-state index contributed by atoms with van der Waals surface area (Å²) in [6.07, 6.45) is 4.49. The highest BCUT2D eigenvalue weighted by atomic mass is 16.5. The van der Waals surface area contributed by atoms with Crippen LogP contribution in [0.5, 0.6) is 5.75 Å². The Hall–Kier alpha value is -1.99. The number of aliphatic hydroxyl groups is 2. The molecular formula is C23H33N3O3. The van der Waals surface area contributed by atoms with Crippen molar-refractivity contribution in [3.8, 4) is 5.75 Å². The first-order valence-electron chi connectivity index (χ1n) is 10.5. The number of likely N-dealkylation sites (tertiary alicyclic amines) is 1. The summed E-state index contributed by atoms with van der Waals surface area (Å²) < 4.78 is 5.85. The van der Waals surface area contributed by atoms with Crippen LogP contribution in [-0.4, -0.2) is 70.0 Å². The number of hydrogen-bond donors (Lipinski definition) is 2. The normalized spacial score (nSPS) is 16.8. The van der Waals surface area contributed by atoms with Crippen molar-refractivity contribution in [1.82, 2.24) is 14.8 Å². The first kappa shape index (κ1) is 21.7. The monoisotopic (exact) mass is 399 g/mol. The van der Waals surface area contributed by atoms with E-state index in [1.165, 1.54) is 11.1 Å². The summed E-state index contributed by atoms with van der Waals surface area (Å²) >= 11 is 0. The molecule has 1 aliphatic rings. The molecule has 1 fully saturated rings. The van der Waals surface area contributed by atoms with E-state index in [1.54, 1.807) is 0 Å². The molecule has 0 saturated carbocycles. The van der Waals surface area contributed by atoms with Gasteiger partial charge < -0.3 is 19.8 Å². The third kappa shape index (κ3) is 7.40. The van der Waals surface area contributed by atoms with Crippen LogP contribution < -0.4 is 4.74 Å². The van der Waals surface area contributed by atoms with Crippen LogP contribution in [-0.2, 0) is 13.1 Å². The second-order valence-electron chi connectivity index (χ2n) is 7.80. The molecule has 0 bridgehead atoms. The summed E-state index contributed by atoms with van der Waals surface area (Å²) in [6, 6.07) is 12.2. The van der Waals surface area contributed by atoms with Gasteiger partial charge in [0.05, 0.1) is 6.10 Å². The van der Waals surface area contributed by atoms with Crippen molar-refractivity contribution in [2.75, 3.05) is 32.8 Å². The number of piperidine rings is 1. The van der Waals surface area contributed by atoms with Crippen molar-refractivity contribution in [3.63, 3.8) is 0 Å². The van der Waals surface area contributed by atoms with Gasteiger partial charge in [-0.2, -0.15) is 0 Å². The second kappa shape index (κ2) is 11.3. The van der Waals surface area contributed by atoms with E-state index in [-0.39, 0.29) is 12.7 Å². The lowest BCUT2D eigenvalue weighted by Crippen LogP contribution is -2.41. The maximum Gasteiger partial charge on any atom is 0.119 e. The fourth-order valence-corrected chi connectivity index (χ4v) is 3.66. The molecule has 2 heterocycles. The molecule has 1 aliphatic heterocycles. The largest absolute Gasteiger partial charge is 0.491 e. The van der Waals surface area contributed by atoms with E-state index >= 15 is 0 Å². The summed E-state index contributed by atoms with van der Waals surface area (Å²) in [6.45, 7) is 7.37. The predicted octanol–water partition coefficient (Wildman–Crippen LogP) is 2.30. The Balaban J connectivity index is 1.47. The van der Waals surface area contributed by atoms with E-state index < -0.39 is 6.10 Å². The average Bonchev–Trinajstić information content (AvgIpc) is 2.74. The van der Waals surface area contributed by atoms with Crippen molar-refractivity contribution in [2.24, 2.45) is 0 Å². The maximum absolute atomic E-state index is 10.3. The molecule has 0 aliphatic carbocycles. The number of nitrogens with zero attached hydrogens (tertiary/aromatic N) is 3. The van der Waals surface area contributed by atoms with Gasteiger partial charge in [0, 0.05) is 45.1 Å². The van der Waals surface area contributed by atoms with Crippen LogP contribution in [0.3, 0.4) is 0 Å². The van der Waals surface area contributed by atoms with E-state index in [0.717, 1.165) is 51.3 Å². The van der Waals surface area contributed by atoms with Gasteiger partial charge in [0.1, 0.15) is 18.5 Å². The molecule has 1 aromatic heterocycles. The molecule has 2 aromatic rings. The Labute approximate surface area is 173 Å². The number of hydrogen-bond acceptors (Lipinski definition) is 6. The van der Waals surface area contributed by atoms with Crippen LogP contribution in [0.1, 0.15) is 30.9 Å². The number of benzene rings is 1. The summed E-state index contributed by atoms with van der Waals surface area (Å²) in [5.74, 6) is 0.788. The van der Waals surface area contributed by atoms with E-state index in [4.69, 9.17) is 4.74 Å². The zero-order chi connectivity index (χ0) is 20.5. The lowest BCUT2D eigenvalue weighted by Gasteiger charge is -2.30. The molecular weight excluding hydrogens is 366 g/mol. The molecule has 29 heavy (non-hydrogen) atoms. The Morgan fingerprint density at radius 2 is 1.86 bits per heavy atom. The molecule has 158 valence electrons. The smallest absolute Gasteiger partial charge is 0.119 e. The zero-order valence-electron chi connectivity index (χ0n) is 17.3. The van der Waals surface area contributed by atoms with Gasteiger partial charge in [-0.05, 0) is 54.8 Å². The Morgan fingerprint density at radius 1 is 1.14 bits per heavy atom. The van der Waals surface area contributed by atoms with Gasteiger partial charge in [-0.1, -0.05) is 19.1 Å². The molecule has 1 saturated heterocycles. The molecule has 0 radical (unpaired) electrons. The molecule has 1 aromatic carbocycles. The minimum absolute atomic E-state index is 0.191. The third-order valence-corrected chi connectivity index (χ3v) is 5.38. The minimum Gasteiger partial charge on any atom is -0.491 e.